The molecule has 118 valence electrons. The molecule has 3 aromatic rings. The second kappa shape index (κ2) is 5.84. The highest BCUT2D eigenvalue weighted by Gasteiger charge is 2.27. The van der Waals surface area contributed by atoms with Crippen molar-refractivity contribution in [2.75, 3.05) is 12.4 Å². The van der Waals surface area contributed by atoms with Gasteiger partial charge in [0.15, 0.2) is 0 Å². The van der Waals surface area contributed by atoms with E-state index in [9.17, 15) is 4.79 Å². The number of benzene rings is 1. The zero-order valence-electron chi connectivity index (χ0n) is 12.2. The normalized spacial score (nSPS) is 21.1. The van der Waals surface area contributed by atoms with E-state index in [-0.39, 0.29) is 24.0 Å². The van der Waals surface area contributed by atoms with Gasteiger partial charge in [-0.05, 0) is 6.07 Å². The van der Waals surface area contributed by atoms with E-state index in [4.69, 9.17) is 9.84 Å². The van der Waals surface area contributed by atoms with Crippen molar-refractivity contribution in [1.29, 1.82) is 0 Å². The van der Waals surface area contributed by atoms with E-state index in [1.54, 1.807) is 23.0 Å². The molecule has 23 heavy (non-hydrogen) atoms. The van der Waals surface area contributed by atoms with Crippen LogP contribution in [0.15, 0.2) is 53.6 Å². The Labute approximate surface area is 136 Å². The molecule has 3 heterocycles. The van der Waals surface area contributed by atoms with Crippen LogP contribution in [0.2, 0.25) is 0 Å². The topological polar surface area (TPSA) is 68.8 Å². The summed E-state index contributed by atoms with van der Waals surface area (Å²) in [5.41, 5.74) is 1.87. The Morgan fingerprint density at radius 1 is 1.30 bits per heavy atom. The first-order valence-corrected chi connectivity index (χ1v) is 8.35. The SMILES string of the molecule is O=c1n(C2CSC(CO)O2)ccc2nc(-c3ccccc3)cn12. The minimum Gasteiger partial charge on any atom is -0.393 e. The molecule has 2 aromatic heterocycles. The van der Waals surface area contributed by atoms with Crippen molar-refractivity contribution < 1.29 is 9.84 Å². The van der Waals surface area contributed by atoms with Gasteiger partial charge in [0.1, 0.15) is 17.3 Å². The van der Waals surface area contributed by atoms with Gasteiger partial charge in [-0.3, -0.25) is 8.97 Å². The van der Waals surface area contributed by atoms with Crippen LogP contribution in [0.3, 0.4) is 0 Å². The molecule has 6 nitrogen and oxygen atoms in total. The van der Waals surface area contributed by atoms with Gasteiger partial charge in [-0.1, -0.05) is 30.3 Å². The Morgan fingerprint density at radius 2 is 2.13 bits per heavy atom. The number of aromatic nitrogens is 3. The minimum absolute atomic E-state index is 0.0542. The molecule has 2 atom stereocenters. The molecule has 1 saturated heterocycles. The van der Waals surface area contributed by atoms with Crippen LogP contribution in [-0.2, 0) is 4.74 Å². The summed E-state index contributed by atoms with van der Waals surface area (Å²) in [6, 6.07) is 11.5. The maximum atomic E-state index is 12.7. The van der Waals surface area contributed by atoms with Crippen LogP contribution in [0.1, 0.15) is 6.23 Å². The van der Waals surface area contributed by atoms with Crippen LogP contribution in [0.4, 0.5) is 0 Å². The van der Waals surface area contributed by atoms with Gasteiger partial charge < -0.3 is 9.84 Å². The van der Waals surface area contributed by atoms with Crippen molar-refractivity contribution in [3.8, 4) is 11.3 Å². The summed E-state index contributed by atoms with van der Waals surface area (Å²) < 4.78 is 8.74. The van der Waals surface area contributed by atoms with Gasteiger partial charge >= 0.3 is 5.69 Å². The highest BCUT2D eigenvalue weighted by Crippen LogP contribution is 2.30. The fourth-order valence-corrected chi connectivity index (χ4v) is 3.58. The Kier molecular flexibility index (Phi) is 3.68. The number of imidazole rings is 1. The number of aliphatic hydroxyl groups excluding tert-OH is 1. The van der Waals surface area contributed by atoms with Crippen LogP contribution >= 0.6 is 11.8 Å². The Hall–Kier alpha value is -2.09. The molecule has 0 spiro atoms. The van der Waals surface area contributed by atoms with Gasteiger partial charge in [0, 0.05) is 23.7 Å². The highest BCUT2D eigenvalue weighted by atomic mass is 32.2. The van der Waals surface area contributed by atoms with Crippen LogP contribution < -0.4 is 5.69 Å². The predicted octanol–water partition coefficient (Wildman–Crippen LogP) is 1.74. The van der Waals surface area contributed by atoms with E-state index < -0.39 is 0 Å². The monoisotopic (exact) mass is 329 g/mol. The smallest absolute Gasteiger partial charge is 0.336 e. The number of hydrogen-bond acceptors (Lipinski definition) is 5. The summed E-state index contributed by atoms with van der Waals surface area (Å²) in [7, 11) is 0. The predicted molar refractivity (Wildman–Crippen MR) is 88.3 cm³/mol. The van der Waals surface area contributed by atoms with Gasteiger partial charge in [-0.15, -0.1) is 11.8 Å². The molecule has 4 rings (SSSR count). The first-order valence-electron chi connectivity index (χ1n) is 7.30. The fourth-order valence-electron chi connectivity index (χ4n) is 2.65. The first-order chi connectivity index (χ1) is 11.3. The Bertz CT molecular complexity index is 890. The molecule has 1 aliphatic rings. The standard InChI is InChI=1S/C16H15N3O3S/c20-9-15-22-14(10-23-15)18-7-6-13-17-12(8-19(13)16(18)21)11-4-2-1-3-5-11/h1-8,14-15,20H,9-10H2. The average Bonchev–Trinajstić information content (AvgIpc) is 3.23. The lowest BCUT2D eigenvalue weighted by molar-refractivity contribution is -0.00647. The molecule has 0 amide bonds. The number of fused-ring (bicyclic) bond motifs is 1. The molecule has 2 unspecified atom stereocenters. The van der Waals surface area contributed by atoms with Gasteiger partial charge in [-0.25, -0.2) is 9.78 Å². The fraction of sp³-hybridized carbons (Fsp3) is 0.250. The van der Waals surface area contributed by atoms with E-state index in [1.165, 1.54) is 16.2 Å². The van der Waals surface area contributed by atoms with E-state index in [0.717, 1.165) is 11.3 Å². The molecule has 0 bridgehead atoms. The van der Waals surface area contributed by atoms with Crippen LogP contribution in [0.5, 0.6) is 0 Å². The summed E-state index contributed by atoms with van der Waals surface area (Å²) in [5, 5.41) is 9.15. The third kappa shape index (κ3) is 2.56. The maximum absolute atomic E-state index is 12.7. The lowest BCUT2D eigenvalue weighted by Crippen LogP contribution is -2.30. The molecular formula is C16H15N3O3S. The minimum atomic E-state index is -0.364. The molecule has 0 aliphatic carbocycles. The molecule has 1 N–H and O–H groups in total. The van der Waals surface area contributed by atoms with E-state index >= 15 is 0 Å². The maximum Gasteiger partial charge on any atom is 0.336 e. The Balaban J connectivity index is 1.76. The molecule has 1 aromatic carbocycles. The van der Waals surface area contributed by atoms with Crippen molar-refractivity contribution in [3.63, 3.8) is 0 Å². The van der Waals surface area contributed by atoms with Crippen LogP contribution in [0.25, 0.3) is 16.9 Å². The molecule has 7 heteroatoms. The zero-order valence-corrected chi connectivity index (χ0v) is 13.0. The number of aliphatic hydroxyl groups is 1. The van der Waals surface area contributed by atoms with E-state index in [0.29, 0.717) is 11.4 Å². The second-order valence-corrected chi connectivity index (χ2v) is 6.45. The van der Waals surface area contributed by atoms with Gasteiger partial charge in [0.25, 0.3) is 0 Å². The number of ether oxygens (including phenoxy) is 1. The average molecular weight is 329 g/mol. The van der Waals surface area contributed by atoms with E-state index in [2.05, 4.69) is 4.98 Å². The molecule has 0 saturated carbocycles. The van der Waals surface area contributed by atoms with Crippen LogP contribution in [0, 0.1) is 0 Å². The van der Waals surface area contributed by atoms with Gasteiger partial charge in [0.05, 0.1) is 12.3 Å². The van der Waals surface area contributed by atoms with Crippen molar-refractivity contribution in [1.82, 2.24) is 14.0 Å². The lowest BCUT2D eigenvalue weighted by Gasteiger charge is -2.13. The van der Waals surface area contributed by atoms with Gasteiger partial charge in [0.2, 0.25) is 0 Å². The number of thioether (sulfide) groups is 1. The van der Waals surface area contributed by atoms with E-state index in [1.807, 2.05) is 30.3 Å². The highest BCUT2D eigenvalue weighted by molar-refractivity contribution is 8.00. The second-order valence-electron chi connectivity index (χ2n) is 5.26. The largest absolute Gasteiger partial charge is 0.393 e. The summed E-state index contributed by atoms with van der Waals surface area (Å²) in [4.78, 5) is 17.2. The lowest BCUT2D eigenvalue weighted by atomic mass is 10.2. The van der Waals surface area contributed by atoms with Gasteiger partial charge in [-0.2, -0.15) is 0 Å². The zero-order chi connectivity index (χ0) is 15.8. The summed E-state index contributed by atoms with van der Waals surface area (Å²) in [6.45, 7) is -0.0542. The number of nitrogens with zero attached hydrogens (tertiary/aromatic N) is 3. The molecule has 1 aliphatic heterocycles. The van der Waals surface area contributed by atoms with Crippen molar-refractivity contribution in [2.24, 2.45) is 0 Å². The van der Waals surface area contributed by atoms with Crippen LogP contribution in [-0.4, -0.2) is 36.9 Å². The first kappa shape index (κ1) is 14.5. The van der Waals surface area contributed by atoms with Crippen molar-refractivity contribution >= 4 is 17.4 Å². The van der Waals surface area contributed by atoms with Crippen molar-refractivity contribution in [2.45, 2.75) is 11.7 Å². The Morgan fingerprint density at radius 3 is 2.87 bits per heavy atom. The molecule has 0 radical (unpaired) electrons. The quantitative estimate of drug-likeness (QED) is 0.793. The van der Waals surface area contributed by atoms with Crippen molar-refractivity contribution in [3.05, 3.63) is 59.3 Å². The number of hydrogen-bond donors (Lipinski definition) is 1. The summed E-state index contributed by atoms with van der Waals surface area (Å²) in [5.74, 6) is 0.636. The number of rotatable bonds is 3. The third-order valence-corrected chi connectivity index (χ3v) is 4.92. The third-order valence-electron chi connectivity index (χ3n) is 3.81. The molecule has 1 fully saturated rings. The molecular weight excluding hydrogens is 314 g/mol. The summed E-state index contributed by atoms with van der Waals surface area (Å²) >= 11 is 1.50. The summed E-state index contributed by atoms with van der Waals surface area (Å²) in [6.07, 6.45) is 3.08.